The second-order valence-electron chi connectivity index (χ2n) is 5.25. The number of rotatable bonds is 5. The van der Waals surface area contributed by atoms with Crippen molar-refractivity contribution in [2.75, 3.05) is 13.6 Å². The third-order valence-electron chi connectivity index (χ3n) is 3.40. The summed E-state index contributed by atoms with van der Waals surface area (Å²) in [5, 5.41) is 4.69. The quantitative estimate of drug-likeness (QED) is 0.854. The summed E-state index contributed by atoms with van der Waals surface area (Å²) in [6.07, 6.45) is 2.25. The monoisotopic (exact) mass is 275 g/mol. The van der Waals surface area contributed by atoms with Crippen molar-refractivity contribution < 1.29 is 9.59 Å². The highest BCUT2D eigenvalue weighted by atomic mass is 16.2. The number of imide groups is 1. The Balaban J connectivity index is 1.92. The fraction of sp³-hybridized carbons (Fsp3) is 0.467. The third kappa shape index (κ3) is 4.35. The van der Waals surface area contributed by atoms with Crippen LogP contribution in [0.3, 0.4) is 0 Å². The summed E-state index contributed by atoms with van der Waals surface area (Å²) in [6, 6.07) is 8.33. The van der Waals surface area contributed by atoms with E-state index in [1.54, 1.807) is 0 Å². The molecule has 0 aromatic heterocycles. The zero-order chi connectivity index (χ0) is 14.5. The van der Waals surface area contributed by atoms with Crippen LogP contribution in [0.25, 0.3) is 0 Å². The Morgan fingerprint density at radius 2 is 1.90 bits per heavy atom. The van der Waals surface area contributed by atoms with Crippen molar-refractivity contribution in [1.82, 2.24) is 15.5 Å². The summed E-state index contributed by atoms with van der Waals surface area (Å²) in [5.74, 6) is -0.261. The van der Waals surface area contributed by atoms with Gasteiger partial charge in [-0.2, -0.15) is 0 Å². The lowest BCUT2D eigenvalue weighted by atomic mass is 10.1. The molecule has 1 saturated carbocycles. The van der Waals surface area contributed by atoms with E-state index >= 15 is 0 Å². The van der Waals surface area contributed by atoms with E-state index in [1.165, 1.54) is 18.2 Å². The van der Waals surface area contributed by atoms with E-state index in [0.717, 1.165) is 19.4 Å². The van der Waals surface area contributed by atoms with Gasteiger partial charge in [-0.05, 0) is 25.3 Å². The van der Waals surface area contributed by atoms with Crippen LogP contribution >= 0.6 is 0 Å². The number of hydrogen-bond acceptors (Lipinski definition) is 3. The molecule has 0 saturated heterocycles. The number of hydrogen-bond donors (Lipinski definition) is 2. The standard InChI is InChI=1S/C15H21N3O2/c1-11-3-5-12(6-4-11)9-18(13-7-8-13)10-14(19)17-15(20)16-2/h3-6,13H,7-10H2,1-2H3,(H2,16,17,19,20). The fourth-order valence-corrected chi connectivity index (χ4v) is 2.09. The first-order valence-corrected chi connectivity index (χ1v) is 6.89. The topological polar surface area (TPSA) is 61.4 Å². The molecule has 3 amide bonds. The fourth-order valence-electron chi connectivity index (χ4n) is 2.09. The average Bonchev–Trinajstić information content (AvgIpc) is 3.24. The number of carbonyl (C=O) groups excluding carboxylic acids is 2. The van der Waals surface area contributed by atoms with Crippen LogP contribution < -0.4 is 10.6 Å². The van der Waals surface area contributed by atoms with Gasteiger partial charge in [0.1, 0.15) is 0 Å². The number of nitrogens with one attached hydrogen (secondary N) is 2. The molecule has 0 unspecified atom stereocenters. The highest BCUT2D eigenvalue weighted by molar-refractivity contribution is 5.95. The predicted octanol–water partition coefficient (Wildman–Crippen LogP) is 1.42. The summed E-state index contributed by atoms with van der Waals surface area (Å²) in [6.45, 7) is 3.05. The highest BCUT2D eigenvalue weighted by Gasteiger charge is 2.30. The number of aryl methyl sites for hydroxylation is 1. The van der Waals surface area contributed by atoms with Crippen molar-refractivity contribution in [3.8, 4) is 0 Å². The zero-order valence-corrected chi connectivity index (χ0v) is 12.0. The molecule has 1 aliphatic rings. The summed E-state index contributed by atoms with van der Waals surface area (Å²) < 4.78 is 0. The Morgan fingerprint density at radius 1 is 1.25 bits per heavy atom. The van der Waals surface area contributed by atoms with E-state index in [0.29, 0.717) is 6.04 Å². The first-order valence-electron chi connectivity index (χ1n) is 6.89. The lowest BCUT2D eigenvalue weighted by Crippen LogP contribution is -2.43. The number of nitrogens with zero attached hydrogens (tertiary/aromatic N) is 1. The normalized spacial score (nSPS) is 14.2. The molecule has 0 aliphatic heterocycles. The van der Waals surface area contributed by atoms with Gasteiger partial charge in [0.2, 0.25) is 5.91 Å². The van der Waals surface area contributed by atoms with E-state index in [9.17, 15) is 9.59 Å². The lowest BCUT2D eigenvalue weighted by Gasteiger charge is -2.21. The maximum atomic E-state index is 11.8. The molecule has 5 nitrogen and oxygen atoms in total. The van der Waals surface area contributed by atoms with Gasteiger partial charge < -0.3 is 5.32 Å². The highest BCUT2D eigenvalue weighted by Crippen LogP contribution is 2.28. The van der Waals surface area contributed by atoms with Gasteiger partial charge >= 0.3 is 6.03 Å². The van der Waals surface area contributed by atoms with E-state index in [1.807, 2.05) is 0 Å². The molecule has 1 aromatic carbocycles. The van der Waals surface area contributed by atoms with E-state index in [4.69, 9.17) is 0 Å². The molecule has 1 aliphatic carbocycles. The molecule has 0 heterocycles. The maximum absolute atomic E-state index is 11.8. The maximum Gasteiger partial charge on any atom is 0.321 e. The molecular formula is C15H21N3O2. The van der Waals surface area contributed by atoms with Crippen molar-refractivity contribution in [2.45, 2.75) is 32.4 Å². The van der Waals surface area contributed by atoms with E-state index in [-0.39, 0.29) is 12.5 Å². The summed E-state index contributed by atoms with van der Waals surface area (Å²) in [7, 11) is 1.49. The van der Waals surface area contributed by atoms with Crippen LogP contribution in [0.15, 0.2) is 24.3 Å². The Bertz CT molecular complexity index is 480. The molecule has 5 heteroatoms. The van der Waals surface area contributed by atoms with Gasteiger partial charge in [-0.3, -0.25) is 15.0 Å². The summed E-state index contributed by atoms with van der Waals surface area (Å²) in [4.78, 5) is 25.0. The first kappa shape index (κ1) is 14.5. The number of urea groups is 1. The van der Waals surface area contributed by atoms with Crippen molar-refractivity contribution in [3.05, 3.63) is 35.4 Å². The first-order chi connectivity index (χ1) is 9.58. The Kier molecular flexibility index (Phi) is 4.74. The second-order valence-corrected chi connectivity index (χ2v) is 5.25. The minimum absolute atomic E-state index is 0.256. The molecule has 0 spiro atoms. The predicted molar refractivity (Wildman–Crippen MR) is 77.2 cm³/mol. The molecule has 0 atom stereocenters. The summed E-state index contributed by atoms with van der Waals surface area (Å²) >= 11 is 0. The number of benzene rings is 1. The Hall–Kier alpha value is -1.88. The van der Waals surface area contributed by atoms with Gasteiger partial charge in [-0.1, -0.05) is 29.8 Å². The van der Waals surface area contributed by atoms with Gasteiger partial charge in [-0.25, -0.2) is 4.79 Å². The molecule has 2 N–H and O–H groups in total. The average molecular weight is 275 g/mol. The van der Waals surface area contributed by atoms with Gasteiger partial charge in [0, 0.05) is 19.6 Å². The second kappa shape index (κ2) is 6.52. The molecule has 0 bridgehead atoms. The van der Waals surface area contributed by atoms with Gasteiger partial charge in [0.25, 0.3) is 0 Å². The SMILES string of the molecule is CNC(=O)NC(=O)CN(Cc1ccc(C)cc1)C1CC1. The van der Waals surface area contributed by atoms with Crippen LogP contribution in [0.4, 0.5) is 4.79 Å². The number of carbonyl (C=O) groups is 2. The molecule has 0 radical (unpaired) electrons. The Morgan fingerprint density at radius 3 is 2.45 bits per heavy atom. The minimum atomic E-state index is -0.457. The Labute approximate surface area is 119 Å². The van der Waals surface area contributed by atoms with Crippen LogP contribution in [-0.4, -0.2) is 36.5 Å². The lowest BCUT2D eigenvalue weighted by molar-refractivity contribution is -0.121. The molecule has 108 valence electrons. The largest absolute Gasteiger partial charge is 0.341 e. The molecule has 2 rings (SSSR count). The minimum Gasteiger partial charge on any atom is -0.341 e. The van der Waals surface area contributed by atoms with Gasteiger partial charge in [-0.15, -0.1) is 0 Å². The molecule has 20 heavy (non-hydrogen) atoms. The molecule has 1 fully saturated rings. The van der Waals surface area contributed by atoms with Crippen LogP contribution in [0, 0.1) is 6.92 Å². The van der Waals surface area contributed by atoms with Crippen LogP contribution in [-0.2, 0) is 11.3 Å². The van der Waals surface area contributed by atoms with Crippen LogP contribution in [0.2, 0.25) is 0 Å². The van der Waals surface area contributed by atoms with Crippen molar-refractivity contribution in [2.24, 2.45) is 0 Å². The number of amides is 3. The molecule has 1 aromatic rings. The zero-order valence-electron chi connectivity index (χ0n) is 12.0. The summed E-state index contributed by atoms with van der Waals surface area (Å²) in [5.41, 5.74) is 2.42. The molecular weight excluding hydrogens is 254 g/mol. The van der Waals surface area contributed by atoms with Crippen molar-refractivity contribution in [1.29, 1.82) is 0 Å². The van der Waals surface area contributed by atoms with Crippen molar-refractivity contribution >= 4 is 11.9 Å². The van der Waals surface area contributed by atoms with E-state index in [2.05, 4.69) is 46.7 Å². The van der Waals surface area contributed by atoms with Crippen LogP contribution in [0.5, 0.6) is 0 Å². The van der Waals surface area contributed by atoms with Gasteiger partial charge in [0.15, 0.2) is 0 Å². The van der Waals surface area contributed by atoms with Crippen molar-refractivity contribution in [3.63, 3.8) is 0 Å². The van der Waals surface area contributed by atoms with E-state index < -0.39 is 6.03 Å². The van der Waals surface area contributed by atoms with Gasteiger partial charge in [0.05, 0.1) is 6.54 Å². The van der Waals surface area contributed by atoms with Crippen LogP contribution in [0.1, 0.15) is 24.0 Å². The third-order valence-corrected chi connectivity index (χ3v) is 3.40. The smallest absolute Gasteiger partial charge is 0.321 e.